The van der Waals surface area contributed by atoms with Gasteiger partial charge in [-0.3, -0.25) is 0 Å². The first-order valence-corrected chi connectivity index (χ1v) is 9.94. The highest BCUT2D eigenvalue weighted by Gasteiger charge is 2.47. The molecule has 2 aliphatic heterocycles. The van der Waals surface area contributed by atoms with E-state index in [9.17, 15) is 14.7 Å². The van der Waals surface area contributed by atoms with Crippen LogP contribution in [-0.2, 0) is 10.5 Å². The number of aliphatic hydroxyl groups is 1. The van der Waals surface area contributed by atoms with E-state index in [4.69, 9.17) is 4.74 Å². The maximum absolute atomic E-state index is 13.5. The molecule has 154 valence electrons. The fraction of sp³-hybridized carbons (Fsp3) is 0.455. The number of ether oxygens (including phenoxy) is 1. The molecule has 1 N–H and O–H groups in total. The Labute approximate surface area is 169 Å². The van der Waals surface area contributed by atoms with E-state index in [0.29, 0.717) is 12.1 Å². The van der Waals surface area contributed by atoms with Crippen molar-refractivity contribution in [1.29, 1.82) is 0 Å². The smallest absolute Gasteiger partial charge is 0.355 e. The van der Waals surface area contributed by atoms with Gasteiger partial charge in [0.1, 0.15) is 0 Å². The third kappa shape index (κ3) is 3.05. The average Bonchev–Trinajstić information content (AvgIpc) is 2.78. The minimum Gasteiger partial charge on any atom is -0.393 e. The van der Waals surface area contributed by atoms with Crippen molar-refractivity contribution in [1.82, 2.24) is 13.9 Å². The summed E-state index contributed by atoms with van der Waals surface area (Å²) in [5.41, 5.74) is -1.96. The largest absolute Gasteiger partial charge is 0.393 e. The molecule has 1 aliphatic carbocycles. The van der Waals surface area contributed by atoms with Crippen molar-refractivity contribution < 1.29 is 9.84 Å². The van der Waals surface area contributed by atoms with Crippen molar-refractivity contribution in [2.45, 2.75) is 58.1 Å². The molecule has 4 atom stereocenters. The standard InChI is InChI=1S/C22H27N3O4/c1-15(26)14-16(2)29-22-11-10-18(21(3,4)12-13-22)24-19(27)23(20(28)25(22)24)17-8-6-5-7-9-17/h5-13,15-16,18,26H,14H2,1-4H3/t15-,16-,18+,22+/m1/s1. The second kappa shape index (κ2) is 6.71. The number of nitrogens with zero attached hydrogens (tertiary/aromatic N) is 3. The number of para-hydroxylation sites is 1. The number of hydrogen-bond donors (Lipinski definition) is 1. The van der Waals surface area contributed by atoms with Gasteiger partial charge in [0, 0.05) is 5.41 Å². The highest BCUT2D eigenvalue weighted by molar-refractivity contribution is 5.32. The third-order valence-electron chi connectivity index (χ3n) is 5.68. The molecular weight excluding hydrogens is 370 g/mol. The molecule has 7 heteroatoms. The second-order valence-corrected chi connectivity index (χ2v) is 8.62. The van der Waals surface area contributed by atoms with Crippen LogP contribution in [0.1, 0.15) is 40.2 Å². The summed E-state index contributed by atoms with van der Waals surface area (Å²) in [5.74, 6) is 0. The van der Waals surface area contributed by atoms with E-state index in [1.54, 1.807) is 31.2 Å². The van der Waals surface area contributed by atoms with Crippen molar-refractivity contribution in [2.24, 2.45) is 5.41 Å². The zero-order valence-corrected chi connectivity index (χ0v) is 17.1. The van der Waals surface area contributed by atoms with Gasteiger partial charge in [0.2, 0.25) is 5.72 Å². The molecule has 7 nitrogen and oxygen atoms in total. The second-order valence-electron chi connectivity index (χ2n) is 8.62. The lowest BCUT2D eigenvalue weighted by atomic mass is 9.85. The first-order chi connectivity index (χ1) is 13.7. The van der Waals surface area contributed by atoms with Gasteiger partial charge in [-0.25, -0.2) is 18.8 Å². The van der Waals surface area contributed by atoms with Crippen LogP contribution < -0.4 is 11.4 Å². The number of aliphatic hydroxyl groups excluding tert-OH is 1. The summed E-state index contributed by atoms with van der Waals surface area (Å²) in [4.78, 5) is 26.9. The van der Waals surface area contributed by atoms with Crippen LogP contribution in [0.3, 0.4) is 0 Å². The minimum absolute atomic E-state index is 0.324. The van der Waals surface area contributed by atoms with Crippen LogP contribution in [-0.4, -0.2) is 31.2 Å². The molecular formula is C22H27N3O4. The lowest BCUT2D eigenvalue weighted by Crippen LogP contribution is -2.49. The van der Waals surface area contributed by atoms with Crippen LogP contribution in [0.2, 0.25) is 0 Å². The van der Waals surface area contributed by atoms with Crippen LogP contribution in [0, 0.1) is 5.41 Å². The maximum Gasteiger partial charge on any atom is 0.355 e. The fourth-order valence-corrected chi connectivity index (χ4v) is 4.30. The normalized spacial score (nSPS) is 26.2. The van der Waals surface area contributed by atoms with Gasteiger partial charge in [-0.05, 0) is 44.6 Å². The molecule has 1 aromatic heterocycles. The first-order valence-electron chi connectivity index (χ1n) is 9.94. The zero-order valence-electron chi connectivity index (χ0n) is 17.1. The van der Waals surface area contributed by atoms with Crippen molar-refractivity contribution in [2.75, 3.05) is 0 Å². The molecule has 3 heterocycles. The highest BCUT2D eigenvalue weighted by Crippen LogP contribution is 2.43. The predicted molar refractivity (Wildman–Crippen MR) is 110 cm³/mol. The molecule has 0 saturated heterocycles. The van der Waals surface area contributed by atoms with E-state index >= 15 is 0 Å². The van der Waals surface area contributed by atoms with Crippen molar-refractivity contribution in [3.8, 4) is 5.69 Å². The summed E-state index contributed by atoms with van der Waals surface area (Å²) in [7, 11) is 0. The van der Waals surface area contributed by atoms with Gasteiger partial charge >= 0.3 is 11.4 Å². The third-order valence-corrected chi connectivity index (χ3v) is 5.68. The summed E-state index contributed by atoms with van der Waals surface area (Å²) in [6.45, 7) is 7.61. The van der Waals surface area contributed by atoms with Gasteiger partial charge in [0.05, 0.1) is 23.9 Å². The van der Waals surface area contributed by atoms with Gasteiger partial charge in [-0.1, -0.05) is 44.2 Å². The van der Waals surface area contributed by atoms with E-state index in [1.807, 2.05) is 51.1 Å². The Kier molecular flexibility index (Phi) is 4.55. The Morgan fingerprint density at radius 1 is 1.07 bits per heavy atom. The molecule has 1 aromatic carbocycles. The molecule has 2 bridgehead atoms. The minimum atomic E-state index is -1.23. The summed E-state index contributed by atoms with van der Waals surface area (Å²) < 4.78 is 10.4. The molecule has 0 radical (unpaired) electrons. The Morgan fingerprint density at radius 3 is 2.41 bits per heavy atom. The number of benzene rings is 1. The van der Waals surface area contributed by atoms with Gasteiger partial charge in [0.15, 0.2) is 0 Å². The molecule has 3 aliphatic rings. The number of hydrogen-bond acceptors (Lipinski definition) is 4. The molecule has 0 saturated carbocycles. The predicted octanol–water partition coefficient (Wildman–Crippen LogP) is 2.34. The number of rotatable bonds is 5. The Morgan fingerprint density at radius 2 is 1.76 bits per heavy atom. The van der Waals surface area contributed by atoms with E-state index < -0.39 is 28.6 Å². The molecule has 0 unspecified atom stereocenters. The summed E-state index contributed by atoms with van der Waals surface area (Å²) in [6.07, 6.45) is 7.16. The van der Waals surface area contributed by atoms with Crippen LogP contribution in [0.5, 0.6) is 0 Å². The molecule has 0 fully saturated rings. The first kappa shape index (κ1) is 19.7. The lowest BCUT2D eigenvalue weighted by molar-refractivity contribution is -0.105. The average molecular weight is 397 g/mol. The molecule has 2 aromatic rings. The summed E-state index contributed by atoms with van der Waals surface area (Å²) in [6, 6.07) is 8.58. The molecule has 0 spiro atoms. The number of allylic oxidation sites excluding steroid dienone is 2. The van der Waals surface area contributed by atoms with Crippen molar-refractivity contribution >= 4 is 0 Å². The quantitative estimate of drug-likeness (QED) is 0.786. The number of aromatic nitrogens is 3. The zero-order chi connectivity index (χ0) is 21.0. The van der Waals surface area contributed by atoms with Gasteiger partial charge in [-0.15, -0.1) is 0 Å². The Bertz CT molecular complexity index is 1090. The Balaban J connectivity index is 1.97. The SMILES string of the molecule is C[C@H](C[C@@H](C)O)O[C@]12C=C[C@H](n3c(=O)n(-c4ccccc4)c(=O)n31)C(C)(C)C=C2. The summed E-state index contributed by atoms with van der Waals surface area (Å²) >= 11 is 0. The molecule has 5 rings (SSSR count). The van der Waals surface area contributed by atoms with E-state index in [-0.39, 0.29) is 12.1 Å². The van der Waals surface area contributed by atoms with Crippen molar-refractivity contribution in [3.63, 3.8) is 0 Å². The topological polar surface area (TPSA) is 78.4 Å². The van der Waals surface area contributed by atoms with Gasteiger partial charge in [0.25, 0.3) is 0 Å². The lowest BCUT2D eigenvalue weighted by Gasteiger charge is -2.37. The van der Waals surface area contributed by atoms with Crippen LogP contribution >= 0.6 is 0 Å². The van der Waals surface area contributed by atoms with E-state index in [1.165, 1.54) is 13.9 Å². The van der Waals surface area contributed by atoms with Gasteiger partial charge < -0.3 is 9.84 Å². The monoisotopic (exact) mass is 397 g/mol. The van der Waals surface area contributed by atoms with Crippen LogP contribution in [0.4, 0.5) is 0 Å². The summed E-state index contributed by atoms with van der Waals surface area (Å²) in [5, 5.41) is 9.76. The van der Waals surface area contributed by atoms with Crippen molar-refractivity contribution in [3.05, 3.63) is 75.6 Å². The molecule has 0 amide bonds. The number of fused-ring (bicyclic) bond motifs is 1. The molecule has 29 heavy (non-hydrogen) atoms. The van der Waals surface area contributed by atoms with Gasteiger partial charge in [-0.2, -0.15) is 4.68 Å². The Hall–Kier alpha value is -2.64. The fourth-order valence-electron chi connectivity index (χ4n) is 4.30. The van der Waals surface area contributed by atoms with Crippen LogP contribution in [0.25, 0.3) is 5.69 Å². The maximum atomic E-state index is 13.5. The van der Waals surface area contributed by atoms with E-state index in [0.717, 1.165) is 0 Å². The van der Waals surface area contributed by atoms with Crippen LogP contribution in [0.15, 0.2) is 64.2 Å². The van der Waals surface area contributed by atoms with E-state index in [2.05, 4.69) is 0 Å². The highest BCUT2D eigenvalue weighted by atomic mass is 16.5.